The third kappa shape index (κ3) is 6.06. The Bertz CT molecular complexity index is 953. The van der Waals surface area contributed by atoms with Crippen molar-refractivity contribution in [1.82, 2.24) is 10.2 Å². The lowest BCUT2D eigenvalue weighted by atomic mass is 10.1. The summed E-state index contributed by atoms with van der Waals surface area (Å²) in [5.41, 5.74) is 2.57. The van der Waals surface area contributed by atoms with Crippen molar-refractivity contribution in [3.05, 3.63) is 89.9 Å². The van der Waals surface area contributed by atoms with Crippen molar-refractivity contribution in [1.29, 1.82) is 0 Å². The molecule has 2 amide bonds. The zero-order chi connectivity index (χ0) is 21.3. The van der Waals surface area contributed by atoms with Gasteiger partial charge in [0.25, 0.3) is 5.91 Å². The minimum atomic E-state index is -0.226. The lowest BCUT2D eigenvalue weighted by Crippen LogP contribution is -2.32. The molecule has 0 bridgehead atoms. The number of carbonyl (C=O) groups excluding carboxylic acids is 2. The second-order valence-corrected chi connectivity index (χ2v) is 7.35. The van der Waals surface area contributed by atoms with Crippen LogP contribution < -0.4 is 10.2 Å². The average molecular weight is 405 g/mol. The smallest absolute Gasteiger partial charge is 0.294 e. The number of nitrogens with zero attached hydrogens (tertiary/aromatic N) is 2. The summed E-state index contributed by atoms with van der Waals surface area (Å²) >= 11 is 0. The number of anilines is 1. The van der Waals surface area contributed by atoms with Gasteiger partial charge in [-0.15, -0.1) is 0 Å². The number of hydrogen-bond acceptors (Lipinski definition) is 4. The van der Waals surface area contributed by atoms with E-state index in [4.69, 9.17) is 4.42 Å². The maximum atomic E-state index is 13.1. The van der Waals surface area contributed by atoms with Crippen molar-refractivity contribution >= 4 is 17.5 Å². The van der Waals surface area contributed by atoms with Crippen LogP contribution in [-0.4, -0.2) is 43.9 Å². The summed E-state index contributed by atoms with van der Waals surface area (Å²) in [4.78, 5) is 29.0. The molecule has 1 aromatic heterocycles. The van der Waals surface area contributed by atoms with Gasteiger partial charge in [-0.25, -0.2) is 0 Å². The molecule has 3 aromatic rings. The maximum absolute atomic E-state index is 13.1. The molecule has 1 heterocycles. The SMILES string of the molecule is CN(C)CCNC(=O)Cc1cccc(N(Cc2ccccc2)C(=O)c2ccco2)c1. The van der Waals surface area contributed by atoms with Crippen molar-refractivity contribution in [2.75, 3.05) is 32.1 Å². The van der Waals surface area contributed by atoms with Crippen LogP contribution in [-0.2, 0) is 17.8 Å². The summed E-state index contributed by atoms with van der Waals surface area (Å²) in [5, 5.41) is 2.92. The second-order valence-electron chi connectivity index (χ2n) is 7.35. The Labute approximate surface area is 177 Å². The van der Waals surface area contributed by atoms with Crippen LogP contribution in [0.5, 0.6) is 0 Å². The highest BCUT2D eigenvalue weighted by atomic mass is 16.3. The van der Waals surface area contributed by atoms with Crippen LogP contribution in [0.4, 0.5) is 5.69 Å². The summed E-state index contributed by atoms with van der Waals surface area (Å²) in [5.74, 6) is 0.00942. The molecule has 6 heteroatoms. The Balaban J connectivity index is 1.78. The van der Waals surface area contributed by atoms with E-state index in [0.29, 0.717) is 13.1 Å². The number of furan rings is 1. The van der Waals surface area contributed by atoms with Crippen molar-refractivity contribution in [2.24, 2.45) is 0 Å². The molecule has 0 aliphatic rings. The summed E-state index contributed by atoms with van der Waals surface area (Å²) in [6, 6.07) is 20.7. The Hall–Kier alpha value is -3.38. The third-order valence-electron chi connectivity index (χ3n) is 4.63. The fourth-order valence-electron chi connectivity index (χ4n) is 3.08. The van der Waals surface area contributed by atoms with Crippen molar-refractivity contribution in [3.63, 3.8) is 0 Å². The zero-order valence-electron chi connectivity index (χ0n) is 17.4. The molecule has 3 rings (SSSR count). The minimum Gasteiger partial charge on any atom is -0.459 e. The van der Waals surface area contributed by atoms with Crippen molar-refractivity contribution < 1.29 is 14.0 Å². The Kier molecular flexibility index (Phi) is 7.40. The molecule has 0 spiro atoms. The van der Waals surface area contributed by atoms with Gasteiger partial charge in [-0.05, 0) is 49.5 Å². The number of rotatable bonds is 9. The lowest BCUT2D eigenvalue weighted by Gasteiger charge is -2.23. The van der Waals surface area contributed by atoms with Crippen LogP contribution >= 0.6 is 0 Å². The minimum absolute atomic E-state index is 0.0408. The number of carbonyl (C=O) groups is 2. The average Bonchev–Trinajstić information content (AvgIpc) is 3.27. The number of nitrogens with one attached hydrogen (secondary N) is 1. The molecule has 1 N–H and O–H groups in total. The van der Waals surface area contributed by atoms with Crippen LogP contribution in [0, 0.1) is 0 Å². The quantitative estimate of drug-likeness (QED) is 0.593. The van der Waals surface area contributed by atoms with Gasteiger partial charge in [0.1, 0.15) is 0 Å². The molecule has 0 radical (unpaired) electrons. The van der Waals surface area contributed by atoms with E-state index in [1.807, 2.05) is 73.6 Å². The van der Waals surface area contributed by atoms with E-state index in [0.717, 1.165) is 23.4 Å². The molecule has 2 aromatic carbocycles. The number of hydrogen-bond donors (Lipinski definition) is 1. The monoisotopic (exact) mass is 405 g/mol. The van der Waals surface area contributed by atoms with Crippen LogP contribution in [0.25, 0.3) is 0 Å². The Morgan fingerprint density at radius 3 is 2.40 bits per heavy atom. The van der Waals surface area contributed by atoms with Crippen molar-refractivity contribution in [3.8, 4) is 0 Å². The highest BCUT2D eigenvalue weighted by molar-refractivity contribution is 6.04. The first-order valence-corrected chi connectivity index (χ1v) is 9.92. The predicted molar refractivity (Wildman–Crippen MR) is 117 cm³/mol. The fourth-order valence-corrected chi connectivity index (χ4v) is 3.08. The van der Waals surface area contributed by atoms with Crippen LogP contribution in [0.3, 0.4) is 0 Å². The maximum Gasteiger partial charge on any atom is 0.294 e. The van der Waals surface area contributed by atoms with Gasteiger partial charge in [-0.3, -0.25) is 9.59 Å². The molecule has 0 unspecified atom stereocenters. The first-order chi connectivity index (χ1) is 14.5. The summed E-state index contributed by atoms with van der Waals surface area (Å²) in [7, 11) is 3.93. The van der Waals surface area contributed by atoms with Crippen LogP contribution in [0.15, 0.2) is 77.4 Å². The summed E-state index contributed by atoms with van der Waals surface area (Å²) in [6.45, 7) is 1.79. The van der Waals surface area contributed by atoms with Gasteiger partial charge in [0.15, 0.2) is 5.76 Å². The molecule has 0 saturated carbocycles. The van der Waals surface area contributed by atoms with Gasteiger partial charge >= 0.3 is 0 Å². The molecular formula is C24H27N3O3. The Morgan fingerprint density at radius 1 is 0.933 bits per heavy atom. The molecule has 0 atom stereocenters. The van der Waals surface area contributed by atoms with E-state index in [9.17, 15) is 9.59 Å². The first kappa shape index (κ1) is 21.3. The van der Waals surface area contributed by atoms with Gasteiger partial charge in [0, 0.05) is 18.8 Å². The second kappa shape index (κ2) is 10.4. The van der Waals surface area contributed by atoms with Crippen LogP contribution in [0.1, 0.15) is 21.7 Å². The molecule has 30 heavy (non-hydrogen) atoms. The largest absolute Gasteiger partial charge is 0.459 e. The van der Waals surface area contributed by atoms with Gasteiger partial charge in [-0.2, -0.15) is 0 Å². The number of amides is 2. The lowest BCUT2D eigenvalue weighted by molar-refractivity contribution is -0.120. The van der Waals surface area contributed by atoms with Gasteiger partial charge in [-0.1, -0.05) is 42.5 Å². The molecule has 0 aliphatic heterocycles. The standard InChI is InChI=1S/C24H27N3O3/c1-26(2)14-13-25-23(28)17-20-10-6-11-21(16-20)27(18-19-8-4-3-5-9-19)24(29)22-12-7-15-30-22/h3-12,15-16H,13-14,17-18H2,1-2H3,(H,25,28). The third-order valence-corrected chi connectivity index (χ3v) is 4.63. The van der Waals surface area contributed by atoms with Crippen molar-refractivity contribution in [2.45, 2.75) is 13.0 Å². The topological polar surface area (TPSA) is 65.8 Å². The molecule has 6 nitrogen and oxygen atoms in total. The number of benzene rings is 2. The zero-order valence-corrected chi connectivity index (χ0v) is 17.4. The fraction of sp³-hybridized carbons (Fsp3) is 0.250. The predicted octanol–water partition coefficient (Wildman–Crippen LogP) is 3.35. The Morgan fingerprint density at radius 2 is 1.70 bits per heavy atom. The summed E-state index contributed by atoms with van der Waals surface area (Å²) < 4.78 is 5.33. The van der Waals surface area contributed by atoms with E-state index in [-0.39, 0.29) is 24.0 Å². The van der Waals surface area contributed by atoms with Gasteiger partial charge in [0.05, 0.1) is 19.2 Å². The highest BCUT2D eigenvalue weighted by Crippen LogP contribution is 2.22. The highest BCUT2D eigenvalue weighted by Gasteiger charge is 2.21. The van der Waals surface area contributed by atoms with E-state index in [1.165, 1.54) is 6.26 Å². The van der Waals surface area contributed by atoms with E-state index in [1.54, 1.807) is 17.0 Å². The molecule has 0 saturated heterocycles. The summed E-state index contributed by atoms with van der Waals surface area (Å²) in [6.07, 6.45) is 1.75. The molecule has 0 aliphatic carbocycles. The van der Waals surface area contributed by atoms with E-state index < -0.39 is 0 Å². The van der Waals surface area contributed by atoms with Crippen LogP contribution in [0.2, 0.25) is 0 Å². The number of likely N-dealkylation sites (N-methyl/N-ethyl adjacent to an activating group) is 1. The van der Waals surface area contributed by atoms with Gasteiger partial charge in [0.2, 0.25) is 5.91 Å². The normalized spacial score (nSPS) is 10.8. The van der Waals surface area contributed by atoms with Gasteiger partial charge < -0.3 is 19.5 Å². The van der Waals surface area contributed by atoms with E-state index in [2.05, 4.69) is 5.32 Å². The van der Waals surface area contributed by atoms with E-state index >= 15 is 0 Å². The molecule has 156 valence electrons. The first-order valence-electron chi connectivity index (χ1n) is 9.92. The molecular weight excluding hydrogens is 378 g/mol. The molecule has 0 fully saturated rings.